The molecule has 90 valence electrons. The number of aromatic amines is 1. The largest absolute Gasteiger partial charge is 0.417 e. The third-order valence-electron chi connectivity index (χ3n) is 3.86. The van der Waals surface area contributed by atoms with Crippen molar-refractivity contribution in [3.8, 4) is 0 Å². The number of oxazole rings is 1. The van der Waals surface area contributed by atoms with Crippen LogP contribution in [-0.4, -0.2) is 18.6 Å². The summed E-state index contributed by atoms with van der Waals surface area (Å²) < 4.78 is 5.12. The van der Waals surface area contributed by atoms with Crippen LogP contribution in [0.3, 0.4) is 0 Å². The van der Waals surface area contributed by atoms with Crippen molar-refractivity contribution in [2.24, 2.45) is 0 Å². The van der Waals surface area contributed by atoms with Crippen LogP contribution in [0.5, 0.6) is 0 Å². The minimum Gasteiger partial charge on any atom is -0.408 e. The van der Waals surface area contributed by atoms with E-state index in [1.807, 2.05) is 19.2 Å². The zero-order valence-corrected chi connectivity index (χ0v) is 9.88. The standard InChI is InChI=1S/C13H16N2O2/c1-14-8-13(5-2-6-13)9-3-4-10-11(7-9)17-12(16)15-10/h3-4,7,14H,2,5-6,8H2,1H3,(H,15,16). The van der Waals surface area contributed by atoms with Crippen molar-refractivity contribution in [3.63, 3.8) is 0 Å². The summed E-state index contributed by atoms with van der Waals surface area (Å²) in [5, 5.41) is 3.26. The Bertz CT molecular complexity index is 593. The molecule has 0 radical (unpaired) electrons. The van der Waals surface area contributed by atoms with E-state index in [4.69, 9.17) is 4.42 Å². The summed E-state index contributed by atoms with van der Waals surface area (Å²) in [6, 6.07) is 6.04. The van der Waals surface area contributed by atoms with Gasteiger partial charge in [0.2, 0.25) is 0 Å². The zero-order valence-electron chi connectivity index (χ0n) is 9.88. The van der Waals surface area contributed by atoms with Crippen LogP contribution in [0.4, 0.5) is 0 Å². The van der Waals surface area contributed by atoms with E-state index in [0.717, 1.165) is 12.1 Å². The number of H-pyrrole nitrogens is 1. The SMILES string of the molecule is CNCC1(c2ccc3[nH]c(=O)oc3c2)CCC1. The van der Waals surface area contributed by atoms with Crippen LogP contribution in [0.25, 0.3) is 11.1 Å². The van der Waals surface area contributed by atoms with Crippen molar-refractivity contribution in [1.29, 1.82) is 0 Å². The summed E-state index contributed by atoms with van der Waals surface area (Å²) in [6.07, 6.45) is 3.68. The lowest BCUT2D eigenvalue weighted by molar-refractivity contribution is 0.239. The first-order valence-electron chi connectivity index (χ1n) is 6.01. The Balaban J connectivity index is 2.07. The number of hydrogen-bond donors (Lipinski definition) is 2. The van der Waals surface area contributed by atoms with Crippen molar-refractivity contribution < 1.29 is 4.42 Å². The summed E-state index contributed by atoms with van der Waals surface area (Å²) in [5.74, 6) is -0.381. The highest BCUT2D eigenvalue weighted by atomic mass is 16.4. The highest BCUT2D eigenvalue weighted by molar-refractivity contribution is 5.73. The van der Waals surface area contributed by atoms with Crippen molar-refractivity contribution in [3.05, 3.63) is 34.3 Å². The second kappa shape index (κ2) is 3.74. The minimum absolute atomic E-state index is 0.235. The van der Waals surface area contributed by atoms with Crippen LogP contribution in [0.15, 0.2) is 27.4 Å². The van der Waals surface area contributed by atoms with E-state index in [2.05, 4.69) is 16.4 Å². The van der Waals surface area contributed by atoms with Gasteiger partial charge in [-0.3, -0.25) is 4.98 Å². The fraction of sp³-hybridized carbons (Fsp3) is 0.462. The molecule has 1 aliphatic carbocycles. The predicted octanol–water partition coefficient (Wildman–Crippen LogP) is 1.76. The Kier molecular flexibility index (Phi) is 2.33. The molecule has 3 rings (SSSR count). The molecule has 1 fully saturated rings. The highest BCUT2D eigenvalue weighted by Crippen LogP contribution is 2.43. The fourth-order valence-corrected chi connectivity index (χ4v) is 2.78. The van der Waals surface area contributed by atoms with Gasteiger partial charge in [0, 0.05) is 12.0 Å². The molecule has 1 heterocycles. The van der Waals surface area contributed by atoms with E-state index >= 15 is 0 Å². The lowest BCUT2D eigenvalue weighted by atomic mass is 9.64. The molecule has 2 N–H and O–H groups in total. The quantitative estimate of drug-likeness (QED) is 0.847. The Hall–Kier alpha value is -1.55. The van der Waals surface area contributed by atoms with Crippen molar-refractivity contribution in [1.82, 2.24) is 10.3 Å². The van der Waals surface area contributed by atoms with Gasteiger partial charge in [-0.1, -0.05) is 12.5 Å². The topological polar surface area (TPSA) is 58.0 Å². The minimum atomic E-state index is -0.381. The van der Waals surface area contributed by atoms with Gasteiger partial charge in [0.1, 0.15) is 0 Å². The van der Waals surface area contributed by atoms with Crippen LogP contribution in [0.1, 0.15) is 24.8 Å². The smallest absolute Gasteiger partial charge is 0.408 e. The zero-order chi connectivity index (χ0) is 11.9. The van der Waals surface area contributed by atoms with E-state index in [1.54, 1.807) is 0 Å². The first-order valence-corrected chi connectivity index (χ1v) is 6.01. The van der Waals surface area contributed by atoms with Gasteiger partial charge in [-0.05, 0) is 37.6 Å². The monoisotopic (exact) mass is 232 g/mol. The maximum atomic E-state index is 11.1. The highest BCUT2D eigenvalue weighted by Gasteiger charge is 2.38. The molecule has 2 aromatic rings. The number of hydrogen-bond acceptors (Lipinski definition) is 3. The fourth-order valence-electron chi connectivity index (χ4n) is 2.78. The Labute approximate surface area is 99.0 Å². The number of aromatic nitrogens is 1. The number of likely N-dealkylation sites (N-methyl/N-ethyl adjacent to an activating group) is 1. The molecule has 1 saturated carbocycles. The first-order chi connectivity index (χ1) is 8.23. The van der Waals surface area contributed by atoms with Gasteiger partial charge in [-0.25, -0.2) is 4.79 Å². The Morgan fingerprint density at radius 3 is 2.94 bits per heavy atom. The number of benzene rings is 1. The van der Waals surface area contributed by atoms with Gasteiger partial charge >= 0.3 is 5.76 Å². The van der Waals surface area contributed by atoms with Crippen molar-refractivity contribution in [2.45, 2.75) is 24.7 Å². The summed E-state index contributed by atoms with van der Waals surface area (Å²) in [7, 11) is 1.98. The molecule has 0 bridgehead atoms. The van der Waals surface area contributed by atoms with Gasteiger partial charge < -0.3 is 9.73 Å². The molecular weight excluding hydrogens is 216 g/mol. The molecule has 0 saturated heterocycles. The van der Waals surface area contributed by atoms with Crippen LogP contribution in [0, 0.1) is 0 Å². The van der Waals surface area contributed by atoms with Crippen LogP contribution < -0.4 is 11.1 Å². The Morgan fingerprint density at radius 2 is 2.29 bits per heavy atom. The number of rotatable bonds is 3. The average molecular weight is 232 g/mol. The third-order valence-corrected chi connectivity index (χ3v) is 3.86. The van der Waals surface area contributed by atoms with Gasteiger partial charge in [-0.2, -0.15) is 0 Å². The summed E-state index contributed by atoms with van der Waals surface area (Å²) >= 11 is 0. The van der Waals surface area contributed by atoms with E-state index in [-0.39, 0.29) is 11.2 Å². The molecule has 0 aliphatic heterocycles. The normalized spacial score (nSPS) is 18.2. The number of fused-ring (bicyclic) bond motifs is 1. The van der Waals surface area contributed by atoms with Gasteiger partial charge in [0.05, 0.1) is 5.52 Å². The lowest BCUT2D eigenvalue weighted by Crippen LogP contribution is -2.42. The molecule has 1 aliphatic rings. The van der Waals surface area contributed by atoms with Crippen LogP contribution >= 0.6 is 0 Å². The maximum Gasteiger partial charge on any atom is 0.417 e. The molecule has 0 spiro atoms. The van der Waals surface area contributed by atoms with Crippen LogP contribution in [0.2, 0.25) is 0 Å². The molecule has 17 heavy (non-hydrogen) atoms. The summed E-state index contributed by atoms with van der Waals surface area (Å²) in [5.41, 5.74) is 2.94. The molecule has 0 unspecified atom stereocenters. The second-order valence-electron chi connectivity index (χ2n) is 4.89. The van der Waals surface area contributed by atoms with Gasteiger partial charge in [0.15, 0.2) is 5.58 Å². The third kappa shape index (κ3) is 1.60. The summed E-state index contributed by atoms with van der Waals surface area (Å²) in [4.78, 5) is 13.8. The van der Waals surface area contributed by atoms with E-state index in [1.165, 1.54) is 24.8 Å². The number of nitrogens with one attached hydrogen (secondary N) is 2. The van der Waals surface area contributed by atoms with Crippen molar-refractivity contribution >= 4 is 11.1 Å². The molecular formula is C13H16N2O2. The second-order valence-corrected chi connectivity index (χ2v) is 4.89. The van der Waals surface area contributed by atoms with E-state index in [0.29, 0.717) is 5.58 Å². The van der Waals surface area contributed by atoms with Crippen LogP contribution in [-0.2, 0) is 5.41 Å². The van der Waals surface area contributed by atoms with E-state index in [9.17, 15) is 4.79 Å². The maximum absolute atomic E-state index is 11.1. The molecule has 1 aromatic heterocycles. The first kappa shape index (κ1) is 10.6. The molecule has 4 heteroatoms. The summed E-state index contributed by atoms with van der Waals surface area (Å²) in [6.45, 7) is 0.979. The molecule has 4 nitrogen and oxygen atoms in total. The Morgan fingerprint density at radius 1 is 1.47 bits per heavy atom. The predicted molar refractivity (Wildman–Crippen MR) is 66.3 cm³/mol. The average Bonchev–Trinajstić information content (AvgIpc) is 2.62. The molecule has 0 atom stereocenters. The van der Waals surface area contributed by atoms with Gasteiger partial charge in [0.25, 0.3) is 0 Å². The van der Waals surface area contributed by atoms with Crippen molar-refractivity contribution in [2.75, 3.05) is 13.6 Å². The molecule has 1 aromatic carbocycles. The molecule has 0 amide bonds. The lowest BCUT2D eigenvalue weighted by Gasteiger charge is -2.42. The van der Waals surface area contributed by atoms with Gasteiger partial charge in [-0.15, -0.1) is 0 Å². The van der Waals surface area contributed by atoms with E-state index < -0.39 is 0 Å².